The van der Waals surface area contributed by atoms with E-state index in [0.717, 1.165) is 22.4 Å². The van der Waals surface area contributed by atoms with E-state index in [1.807, 2.05) is 62.4 Å². The second-order valence-corrected chi connectivity index (χ2v) is 13.4. The molecule has 3 saturated heterocycles. The number of unbranched alkanes of at least 4 members (excludes halogenated alkanes) is 2. The van der Waals surface area contributed by atoms with Crippen LogP contribution in [0.25, 0.3) is 0 Å². The number of rotatable bonds is 17. The van der Waals surface area contributed by atoms with Crippen LogP contribution in [0.1, 0.15) is 67.7 Å². The third-order valence-electron chi connectivity index (χ3n) is 10.1. The Morgan fingerprint density at radius 2 is 1.90 bits per heavy atom. The number of esters is 1. The zero-order valence-corrected chi connectivity index (χ0v) is 28.6. The summed E-state index contributed by atoms with van der Waals surface area (Å²) in [5.41, 5.74) is 2.24. The fourth-order valence-electron chi connectivity index (χ4n) is 7.78. The van der Waals surface area contributed by atoms with E-state index in [1.54, 1.807) is 22.0 Å². The highest BCUT2D eigenvalue weighted by atomic mass is 16.5. The third kappa shape index (κ3) is 7.35. The maximum absolute atomic E-state index is 14.8. The molecular formula is C39H49N3O7. The summed E-state index contributed by atoms with van der Waals surface area (Å²) < 4.78 is 12.2. The molecule has 5 rings (SSSR count). The van der Waals surface area contributed by atoms with Crippen molar-refractivity contribution in [3.63, 3.8) is 0 Å². The number of amides is 3. The van der Waals surface area contributed by atoms with E-state index >= 15 is 0 Å². The molecule has 3 aliphatic heterocycles. The number of aryl methyl sites for hydroxylation is 2. The highest BCUT2D eigenvalue weighted by Crippen LogP contribution is 2.59. The Kier molecular flexibility index (Phi) is 11.7. The number of hydrogen-bond acceptors (Lipinski definition) is 7. The van der Waals surface area contributed by atoms with Crippen LogP contribution in [0.15, 0.2) is 73.8 Å². The number of carbonyl (C=O) groups excluding carboxylic acids is 4. The van der Waals surface area contributed by atoms with Crippen LogP contribution in [-0.2, 0) is 28.7 Å². The molecule has 3 fully saturated rings. The Morgan fingerprint density at radius 3 is 2.61 bits per heavy atom. The number of aliphatic hydroxyl groups is 1. The smallest absolute Gasteiger partial charge is 0.306 e. The standard InChI is InChI=1S/C39H49N3O7/c1-5-7-16-32(44)48-25-29(28-14-10-8-11-15-28)40-36(45)33-31-19-20-39(49-31)34(33)37(46)42(22-12-9-13-23-43)35(39)38(47)41(21-6-2)30-24-26(3)17-18-27(30)4/h5-6,8,10-11,14-15,17-18,24,29,31,33-35,43H,1-2,7,9,12-13,16,19-23,25H2,3-4H3,(H,40,45)/t29-,31-,33+,34+,35-,39+/m0/s1. The molecule has 0 unspecified atom stereocenters. The molecule has 2 N–H and O–H groups in total. The minimum atomic E-state index is -1.17. The summed E-state index contributed by atoms with van der Waals surface area (Å²) in [6.45, 7) is 12.0. The van der Waals surface area contributed by atoms with Gasteiger partial charge >= 0.3 is 5.97 Å². The van der Waals surface area contributed by atoms with Crippen molar-refractivity contribution in [3.8, 4) is 0 Å². The molecule has 0 aromatic heterocycles. The molecule has 3 aliphatic rings. The zero-order chi connectivity index (χ0) is 35.1. The van der Waals surface area contributed by atoms with Crippen LogP contribution in [-0.4, -0.2) is 77.7 Å². The average Bonchev–Trinajstić information content (AvgIpc) is 3.75. The first-order valence-electron chi connectivity index (χ1n) is 17.4. The average molecular weight is 672 g/mol. The van der Waals surface area contributed by atoms with Gasteiger partial charge in [-0.1, -0.05) is 54.6 Å². The number of nitrogens with zero attached hydrogens (tertiary/aromatic N) is 2. The Labute approximate surface area is 289 Å². The Hall–Kier alpha value is -4.28. The number of anilines is 1. The zero-order valence-electron chi connectivity index (χ0n) is 28.6. The Balaban J connectivity index is 1.46. The highest BCUT2D eigenvalue weighted by Gasteiger charge is 2.74. The molecule has 2 aromatic rings. The van der Waals surface area contributed by atoms with Crippen LogP contribution >= 0.6 is 0 Å². The van der Waals surface area contributed by atoms with Crippen molar-refractivity contribution in [3.05, 3.63) is 90.5 Å². The van der Waals surface area contributed by atoms with Crippen LogP contribution in [0.4, 0.5) is 5.69 Å². The second kappa shape index (κ2) is 16.0. The van der Waals surface area contributed by atoms with E-state index in [9.17, 15) is 24.3 Å². The highest BCUT2D eigenvalue weighted by molar-refractivity contribution is 6.05. The fraction of sp³-hybridized carbons (Fsp3) is 0.487. The van der Waals surface area contributed by atoms with E-state index in [1.165, 1.54) is 0 Å². The van der Waals surface area contributed by atoms with Gasteiger partial charge in [-0.15, -0.1) is 13.2 Å². The molecule has 262 valence electrons. The van der Waals surface area contributed by atoms with Gasteiger partial charge in [0.05, 0.1) is 24.0 Å². The number of likely N-dealkylation sites (tertiary alicyclic amines) is 1. The minimum Gasteiger partial charge on any atom is -0.463 e. The molecule has 3 amide bonds. The van der Waals surface area contributed by atoms with Gasteiger partial charge in [0.2, 0.25) is 11.8 Å². The summed E-state index contributed by atoms with van der Waals surface area (Å²) in [6, 6.07) is 13.6. The SMILES string of the molecule is C=CCCC(=O)OC[C@H](NC(=O)[C@@H]1[C@@H]2CC[C@]3(O2)[C@H](C(=O)N(CC=C)c2cc(C)ccc2C)N(CCCCCO)C(=O)[C@@H]13)c1ccccc1. The van der Waals surface area contributed by atoms with Crippen LogP contribution in [0.3, 0.4) is 0 Å². The van der Waals surface area contributed by atoms with Crippen molar-refractivity contribution in [2.24, 2.45) is 11.8 Å². The maximum atomic E-state index is 14.8. The molecule has 2 bridgehead atoms. The first kappa shape index (κ1) is 36.0. The number of nitrogens with one attached hydrogen (secondary N) is 1. The monoisotopic (exact) mass is 671 g/mol. The summed E-state index contributed by atoms with van der Waals surface area (Å²) in [4.78, 5) is 59.3. The van der Waals surface area contributed by atoms with Gasteiger partial charge < -0.3 is 29.7 Å². The number of allylic oxidation sites excluding steroid dienone is 1. The number of hydrogen-bond donors (Lipinski definition) is 2. The lowest BCUT2D eigenvalue weighted by Gasteiger charge is -2.37. The van der Waals surface area contributed by atoms with Crippen molar-refractivity contribution in [2.75, 3.05) is 31.2 Å². The maximum Gasteiger partial charge on any atom is 0.306 e. The first-order valence-corrected chi connectivity index (χ1v) is 17.4. The molecule has 0 aliphatic carbocycles. The van der Waals surface area contributed by atoms with Crippen LogP contribution in [0, 0.1) is 25.7 Å². The summed E-state index contributed by atoms with van der Waals surface area (Å²) in [5, 5.41) is 12.5. The lowest BCUT2D eigenvalue weighted by molar-refractivity contribution is -0.146. The second-order valence-electron chi connectivity index (χ2n) is 13.4. The largest absolute Gasteiger partial charge is 0.463 e. The van der Waals surface area contributed by atoms with E-state index < -0.39 is 41.6 Å². The molecular weight excluding hydrogens is 622 g/mol. The number of benzene rings is 2. The Morgan fingerprint density at radius 1 is 1.12 bits per heavy atom. The van der Waals surface area contributed by atoms with E-state index in [4.69, 9.17) is 9.47 Å². The summed E-state index contributed by atoms with van der Waals surface area (Å²) in [7, 11) is 0. The van der Waals surface area contributed by atoms with Crippen LogP contribution in [0.2, 0.25) is 0 Å². The third-order valence-corrected chi connectivity index (χ3v) is 10.1. The number of fused-ring (bicyclic) bond motifs is 1. The van der Waals surface area contributed by atoms with Gasteiger partial charge in [-0.25, -0.2) is 0 Å². The molecule has 0 radical (unpaired) electrons. The summed E-state index contributed by atoms with van der Waals surface area (Å²) >= 11 is 0. The molecule has 3 heterocycles. The quantitative estimate of drug-likeness (QED) is 0.142. The van der Waals surface area contributed by atoms with E-state index in [-0.39, 0.29) is 43.9 Å². The van der Waals surface area contributed by atoms with E-state index in [2.05, 4.69) is 18.5 Å². The molecule has 49 heavy (non-hydrogen) atoms. The van der Waals surface area contributed by atoms with Gasteiger partial charge in [-0.2, -0.15) is 0 Å². The lowest BCUT2D eigenvalue weighted by atomic mass is 9.70. The summed E-state index contributed by atoms with van der Waals surface area (Å²) in [6.07, 6.45) is 6.32. The molecule has 10 nitrogen and oxygen atoms in total. The number of carbonyl (C=O) groups is 4. The summed E-state index contributed by atoms with van der Waals surface area (Å²) in [5.74, 6) is -2.97. The molecule has 0 saturated carbocycles. The van der Waals surface area contributed by atoms with Crippen molar-refractivity contribution >= 4 is 29.4 Å². The first-order chi connectivity index (χ1) is 23.7. The van der Waals surface area contributed by atoms with Gasteiger partial charge in [0.15, 0.2) is 0 Å². The lowest BCUT2D eigenvalue weighted by Crippen LogP contribution is -2.56. The van der Waals surface area contributed by atoms with Gasteiger partial charge in [0.1, 0.15) is 18.2 Å². The number of ether oxygens (including phenoxy) is 2. The predicted molar refractivity (Wildman–Crippen MR) is 186 cm³/mol. The number of aliphatic hydroxyl groups excluding tert-OH is 1. The van der Waals surface area contributed by atoms with Crippen LogP contribution in [0.5, 0.6) is 0 Å². The van der Waals surface area contributed by atoms with Crippen LogP contribution < -0.4 is 10.2 Å². The Bertz CT molecular complexity index is 1540. The van der Waals surface area contributed by atoms with Crippen molar-refractivity contribution in [1.29, 1.82) is 0 Å². The van der Waals surface area contributed by atoms with Crippen molar-refractivity contribution in [2.45, 2.75) is 82.6 Å². The van der Waals surface area contributed by atoms with Gasteiger partial charge in [0.25, 0.3) is 5.91 Å². The molecule has 2 aromatic carbocycles. The predicted octanol–water partition coefficient (Wildman–Crippen LogP) is 4.73. The van der Waals surface area contributed by atoms with Gasteiger partial charge in [-0.05, 0) is 75.1 Å². The fourth-order valence-corrected chi connectivity index (χ4v) is 7.78. The molecule has 1 spiro atoms. The molecule has 6 atom stereocenters. The van der Waals surface area contributed by atoms with Gasteiger partial charge in [0, 0.05) is 31.8 Å². The van der Waals surface area contributed by atoms with E-state index in [0.29, 0.717) is 45.1 Å². The minimum absolute atomic E-state index is 0.0435. The van der Waals surface area contributed by atoms with Gasteiger partial charge in [-0.3, -0.25) is 19.2 Å². The topological polar surface area (TPSA) is 125 Å². The normalized spacial score (nSPS) is 24.3. The van der Waals surface area contributed by atoms with Crippen molar-refractivity contribution < 1.29 is 33.8 Å². The molecule has 10 heteroatoms. The van der Waals surface area contributed by atoms with Crippen molar-refractivity contribution in [1.82, 2.24) is 10.2 Å².